The zero-order valence-corrected chi connectivity index (χ0v) is 14.6. The smallest absolute Gasteiger partial charge is 0.283 e. The molecule has 0 radical (unpaired) electrons. The van der Waals surface area contributed by atoms with Crippen LogP contribution in [0.4, 0.5) is 0 Å². The third kappa shape index (κ3) is 12.5. The van der Waals surface area contributed by atoms with Gasteiger partial charge in [0.15, 0.2) is 0 Å². The second-order valence-corrected chi connectivity index (χ2v) is 8.60. The van der Waals surface area contributed by atoms with E-state index in [1.165, 1.54) is 0 Å². The molecule has 0 spiro atoms. The van der Waals surface area contributed by atoms with Crippen molar-refractivity contribution in [1.82, 2.24) is 0 Å². The molecule has 1 unspecified atom stereocenters. The van der Waals surface area contributed by atoms with Gasteiger partial charge in [0.05, 0.1) is 13.2 Å². The minimum absolute atomic E-state index is 0.253. The van der Waals surface area contributed by atoms with E-state index in [9.17, 15) is 5.11 Å². The first-order chi connectivity index (χ1) is 7.81. The molecule has 0 aromatic rings. The molecule has 0 fully saturated rings. The summed E-state index contributed by atoms with van der Waals surface area (Å²) in [7, 11) is 0.317. The van der Waals surface area contributed by atoms with Crippen molar-refractivity contribution >= 4 is 29.5 Å². The van der Waals surface area contributed by atoms with E-state index < -0.39 is 16.1 Å². The monoisotopic (exact) mass is 284 g/mol. The fraction of sp³-hybridized carbons (Fsp3) is 1.00. The third-order valence-corrected chi connectivity index (χ3v) is 6.78. The number of ether oxygens (including phenoxy) is 2. The zero-order chi connectivity index (χ0) is 12.1. The fourth-order valence-corrected chi connectivity index (χ4v) is 4.96. The maximum Gasteiger partial charge on any atom is 0.283 e. The molecule has 5 nitrogen and oxygen atoms in total. The van der Waals surface area contributed by atoms with Crippen molar-refractivity contribution in [2.24, 2.45) is 0 Å². The highest BCUT2D eigenvalue weighted by Crippen LogP contribution is 1.93. The first-order valence-electron chi connectivity index (χ1n) is 5.71. The van der Waals surface area contributed by atoms with Gasteiger partial charge in [-0.1, -0.05) is 6.55 Å². The van der Waals surface area contributed by atoms with Crippen LogP contribution in [-0.2, 0) is 17.7 Å². The van der Waals surface area contributed by atoms with Crippen molar-refractivity contribution < 1.29 is 22.8 Å². The van der Waals surface area contributed by atoms with Crippen LogP contribution >= 0.6 is 0 Å². The van der Waals surface area contributed by atoms with Gasteiger partial charge in [0.2, 0.25) is 0 Å². The van der Waals surface area contributed by atoms with Crippen LogP contribution in [0.25, 0.3) is 0 Å². The van der Waals surface area contributed by atoms with E-state index in [1.54, 1.807) is 7.11 Å². The highest BCUT2D eigenvalue weighted by molar-refractivity contribution is 6.44. The number of aliphatic hydroxyl groups is 1. The second-order valence-electron chi connectivity index (χ2n) is 3.41. The number of methoxy groups -OCH3 is 1. The van der Waals surface area contributed by atoms with Crippen molar-refractivity contribution in [3.63, 3.8) is 0 Å². The predicted octanol–water partition coefficient (Wildman–Crippen LogP) is -1.93. The molecule has 0 aliphatic rings. The van der Waals surface area contributed by atoms with E-state index in [-0.39, 0.29) is 19.5 Å². The molecular formula is C8H24O5Si3. The SMILES string of the molecule is COCC(O)COCCC[SiH2]O[SiH2]O[SiH2]C. The van der Waals surface area contributed by atoms with Gasteiger partial charge in [-0.15, -0.1) is 0 Å². The number of hydrogen-bond donors (Lipinski definition) is 1. The molecule has 0 aromatic heterocycles. The molecule has 1 atom stereocenters. The van der Waals surface area contributed by atoms with Crippen LogP contribution < -0.4 is 0 Å². The Morgan fingerprint density at radius 3 is 2.75 bits per heavy atom. The quantitative estimate of drug-likeness (QED) is 0.334. The molecular weight excluding hydrogens is 260 g/mol. The fourth-order valence-electron chi connectivity index (χ4n) is 1.07. The van der Waals surface area contributed by atoms with E-state index in [1.807, 2.05) is 0 Å². The molecule has 0 bridgehead atoms. The zero-order valence-electron chi connectivity index (χ0n) is 10.3. The lowest BCUT2D eigenvalue weighted by molar-refractivity contribution is -0.00584. The molecule has 98 valence electrons. The maximum absolute atomic E-state index is 9.28. The molecule has 0 aliphatic carbocycles. The molecule has 0 amide bonds. The summed E-state index contributed by atoms with van der Waals surface area (Å²) in [6.45, 7) is 3.51. The van der Waals surface area contributed by atoms with Gasteiger partial charge in [0.1, 0.15) is 25.6 Å². The predicted molar refractivity (Wildman–Crippen MR) is 71.8 cm³/mol. The Labute approximate surface area is 105 Å². The standard InChI is InChI=1S/C8H24O5Si3/c1-10-6-8(9)7-11-4-3-5-15-13-16-12-14-2/h8-9H,3-7,14-16H2,1-2H3. The number of hydrogen-bond acceptors (Lipinski definition) is 5. The van der Waals surface area contributed by atoms with Gasteiger partial charge in [-0.2, -0.15) is 0 Å². The summed E-state index contributed by atoms with van der Waals surface area (Å²) in [5.74, 6) is 0. The lowest BCUT2D eigenvalue weighted by Gasteiger charge is -2.09. The lowest BCUT2D eigenvalue weighted by atomic mass is 10.4. The van der Waals surface area contributed by atoms with Crippen LogP contribution in [0.3, 0.4) is 0 Å². The topological polar surface area (TPSA) is 57.2 Å². The first kappa shape index (κ1) is 16.5. The largest absolute Gasteiger partial charge is 0.447 e. The van der Waals surface area contributed by atoms with Gasteiger partial charge < -0.3 is 22.8 Å². The third-order valence-electron chi connectivity index (χ3n) is 1.87. The minimum Gasteiger partial charge on any atom is -0.447 e. The number of aliphatic hydroxyl groups excluding tert-OH is 1. The van der Waals surface area contributed by atoms with Gasteiger partial charge in [0, 0.05) is 13.7 Å². The summed E-state index contributed by atoms with van der Waals surface area (Å²) in [6, 6.07) is 1.13. The van der Waals surface area contributed by atoms with E-state index >= 15 is 0 Å². The first-order valence-corrected chi connectivity index (χ1v) is 10.4. The Hall–Kier alpha value is 0.451. The van der Waals surface area contributed by atoms with Crippen molar-refractivity contribution in [2.75, 3.05) is 26.9 Å². The molecule has 0 heterocycles. The maximum atomic E-state index is 9.28. The Morgan fingerprint density at radius 2 is 2.06 bits per heavy atom. The summed E-state index contributed by atoms with van der Waals surface area (Å²) in [5, 5.41) is 9.28. The Bertz CT molecular complexity index is 141. The normalized spacial score (nSPS) is 15.2. The van der Waals surface area contributed by atoms with Gasteiger partial charge in [-0.3, -0.25) is 0 Å². The molecule has 0 saturated heterocycles. The van der Waals surface area contributed by atoms with Gasteiger partial charge >= 0.3 is 0 Å². The molecule has 8 heteroatoms. The van der Waals surface area contributed by atoms with Crippen molar-refractivity contribution in [2.45, 2.75) is 25.1 Å². The summed E-state index contributed by atoms with van der Waals surface area (Å²) in [6.07, 6.45) is 0.512. The van der Waals surface area contributed by atoms with Crippen molar-refractivity contribution in [1.29, 1.82) is 0 Å². The summed E-state index contributed by atoms with van der Waals surface area (Å²) in [4.78, 5) is 0. The summed E-state index contributed by atoms with van der Waals surface area (Å²) >= 11 is 0. The van der Waals surface area contributed by atoms with Crippen molar-refractivity contribution in [3.05, 3.63) is 0 Å². The lowest BCUT2D eigenvalue weighted by Crippen LogP contribution is -2.21. The van der Waals surface area contributed by atoms with Crippen LogP contribution in [0.1, 0.15) is 6.42 Å². The van der Waals surface area contributed by atoms with Crippen LogP contribution in [-0.4, -0.2) is 67.7 Å². The van der Waals surface area contributed by atoms with Crippen LogP contribution in [0.5, 0.6) is 0 Å². The van der Waals surface area contributed by atoms with Crippen LogP contribution in [0.2, 0.25) is 12.6 Å². The second kappa shape index (κ2) is 13.5. The summed E-state index contributed by atoms with van der Waals surface area (Å²) < 4.78 is 20.9. The van der Waals surface area contributed by atoms with E-state index in [0.29, 0.717) is 19.8 Å². The van der Waals surface area contributed by atoms with Crippen molar-refractivity contribution in [3.8, 4) is 0 Å². The van der Waals surface area contributed by atoms with E-state index in [4.69, 9.17) is 17.7 Å². The highest BCUT2D eigenvalue weighted by atomic mass is 28.4. The molecule has 16 heavy (non-hydrogen) atoms. The molecule has 0 saturated carbocycles. The molecule has 0 rings (SSSR count). The highest BCUT2D eigenvalue weighted by Gasteiger charge is 2.02. The average molecular weight is 285 g/mol. The molecule has 0 aromatic carbocycles. The molecule has 0 aliphatic heterocycles. The minimum atomic E-state index is -0.622. The Kier molecular flexibility index (Phi) is 13.9. The summed E-state index contributed by atoms with van der Waals surface area (Å²) in [5.41, 5.74) is 0. The van der Waals surface area contributed by atoms with Crippen LogP contribution in [0, 0.1) is 0 Å². The van der Waals surface area contributed by atoms with Gasteiger partial charge in [-0.25, -0.2) is 0 Å². The Balaban J connectivity index is 2.98. The number of rotatable bonds is 12. The Morgan fingerprint density at radius 1 is 1.25 bits per heavy atom. The van der Waals surface area contributed by atoms with E-state index in [2.05, 4.69) is 6.55 Å². The van der Waals surface area contributed by atoms with Crippen LogP contribution in [0.15, 0.2) is 0 Å². The average Bonchev–Trinajstić information content (AvgIpc) is 2.27. The van der Waals surface area contributed by atoms with E-state index in [0.717, 1.165) is 12.5 Å². The molecule has 1 N–H and O–H groups in total. The van der Waals surface area contributed by atoms with Gasteiger partial charge in [-0.05, 0) is 12.5 Å². The van der Waals surface area contributed by atoms with Gasteiger partial charge in [0.25, 0.3) is 10.0 Å².